The molecule has 3 rings (SSSR count). The van der Waals surface area contributed by atoms with Crippen LogP contribution < -0.4 is 16.6 Å². The summed E-state index contributed by atoms with van der Waals surface area (Å²) in [6, 6.07) is 8.30. The molecular formula is C19H23N3O3. The first kappa shape index (κ1) is 17.2. The minimum Gasteiger partial charge on any atom is -0.355 e. The third kappa shape index (κ3) is 3.73. The van der Waals surface area contributed by atoms with Crippen molar-refractivity contribution in [2.45, 2.75) is 44.9 Å². The highest BCUT2D eigenvalue weighted by Crippen LogP contribution is 2.48. The SMILES string of the molecule is Cc1ccccc1C1(CNC(=O)CCc2c(C)[nH]c(=O)[nH]c2=O)CC1. The summed E-state index contributed by atoms with van der Waals surface area (Å²) >= 11 is 0. The van der Waals surface area contributed by atoms with Crippen LogP contribution in [0.3, 0.4) is 0 Å². The predicted octanol–water partition coefficient (Wildman–Crippen LogP) is 1.46. The average molecular weight is 341 g/mol. The molecule has 6 heteroatoms. The molecule has 1 aliphatic carbocycles. The second-order valence-electron chi connectivity index (χ2n) is 6.88. The molecule has 1 aromatic heterocycles. The summed E-state index contributed by atoms with van der Waals surface area (Å²) in [6.45, 7) is 4.39. The lowest BCUT2D eigenvalue weighted by Gasteiger charge is -2.19. The van der Waals surface area contributed by atoms with E-state index >= 15 is 0 Å². The molecule has 25 heavy (non-hydrogen) atoms. The number of rotatable bonds is 6. The molecule has 0 saturated heterocycles. The zero-order valence-corrected chi connectivity index (χ0v) is 14.6. The van der Waals surface area contributed by atoms with Crippen LogP contribution in [0.4, 0.5) is 0 Å². The van der Waals surface area contributed by atoms with Gasteiger partial charge in [0.2, 0.25) is 5.91 Å². The van der Waals surface area contributed by atoms with E-state index in [1.807, 2.05) is 12.1 Å². The third-order valence-electron chi connectivity index (χ3n) is 5.05. The van der Waals surface area contributed by atoms with Crippen molar-refractivity contribution in [1.82, 2.24) is 15.3 Å². The van der Waals surface area contributed by atoms with Crippen LogP contribution in [0.1, 0.15) is 41.6 Å². The van der Waals surface area contributed by atoms with Gasteiger partial charge in [-0.1, -0.05) is 24.3 Å². The van der Waals surface area contributed by atoms with Gasteiger partial charge in [0, 0.05) is 29.6 Å². The Kier molecular flexibility index (Phi) is 4.61. The summed E-state index contributed by atoms with van der Waals surface area (Å²) in [5.41, 5.74) is 2.65. The predicted molar refractivity (Wildman–Crippen MR) is 95.8 cm³/mol. The fourth-order valence-electron chi connectivity index (χ4n) is 3.38. The molecule has 1 heterocycles. The van der Waals surface area contributed by atoms with E-state index in [-0.39, 0.29) is 17.7 Å². The molecule has 0 spiro atoms. The van der Waals surface area contributed by atoms with Crippen LogP contribution in [-0.2, 0) is 16.6 Å². The van der Waals surface area contributed by atoms with Crippen molar-refractivity contribution >= 4 is 5.91 Å². The van der Waals surface area contributed by atoms with Crippen LogP contribution in [0.2, 0.25) is 0 Å². The maximum absolute atomic E-state index is 12.2. The molecule has 1 fully saturated rings. The zero-order chi connectivity index (χ0) is 18.0. The highest BCUT2D eigenvalue weighted by atomic mass is 16.2. The molecular weight excluding hydrogens is 318 g/mol. The van der Waals surface area contributed by atoms with Gasteiger partial charge < -0.3 is 10.3 Å². The van der Waals surface area contributed by atoms with Gasteiger partial charge in [-0.25, -0.2) is 4.79 Å². The summed E-state index contributed by atoms with van der Waals surface area (Å²) in [5, 5.41) is 3.01. The molecule has 0 bridgehead atoms. The van der Waals surface area contributed by atoms with Gasteiger partial charge >= 0.3 is 5.69 Å². The molecule has 0 atom stereocenters. The minimum absolute atomic E-state index is 0.0619. The summed E-state index contributed by atoms with van der Waals surface area (Å²) in [4.78, 5) is 40.0. The first-order chi connectivity index (χ1) is 11.9. The van der Waals surface area contributed by atoms with Gasteiger partial charge in [-0.2, -0.15) is 0 Å². The molecule has 1 aromatic carbocycles. The lowest BCUT2D eigenvalue weighted by molar-refractivity contribution is -0.121. The van der Waals surface area contributed by atoms with E-state index in [0.29, 0.717) is 24.2 Å². The Hall–Kier alpha value is -2.63. The average Bonchev–Trinajstić information content (AvgIpc) is 3.33. The minimum atomic E-state index is -0.524. The van der Waals surface area contributed by atoms with Gasteiger partial charge in [-0.15, -0.1) is 0 Å². The molecule has 1 saturated carbocycles. The number of hydrogen-bond acceptors (Lipinski definition) is 3. The number of amides is 1. The van der Waals surface area contributed by atoms with Crippen LogP contribution in [-0.4, -0.2) is 22.4 Å². The Morgan fingerprint density at radius 2 is 1.88 bits per heavy atom. The smallest absolute Gasteiger partial charge is 0.325 e. The maximum atomic E-state index is 12.2. The van der Waals surface area contributed by atoms with Crippen molar-refractivity contribution in [2.75, 3.05) is 6.54 Å². The molecule has 1 aliphatic rings. The van der Waals surface area contributed by atoms with Crippen molar-refractivity contribution in [3.05, 3.63) is 67.5 Å². The van der Waals surface area contributed by atoms with Gasteiger partial charge in [0.1, 0.15) is 0 Å². The lowest BCUT2D eigenvalue weighted by atomic mass is 9.92. The fourth-order valence-corrected chi connectivity index (χ4v) is 3.38. The summed E-state index contributed by atoms with van der Waals surface area (Å²) in [6.07, 6.45) is 2.69. The Bertz CT molecular complexity index is 907. The summed E-state index contributed by atoms with van der Waals surface area (Å²) in [7, 11) is 0. The Balaban J connectivity index is 1.59. The summed E-state index contributed by atoms with van der Waals surface area (Å²) in [5.74, 6) is -0.0788. The number of carbonyl (C=O) groups excluding carboxylic acids is 1. The molecule has 6 nitrogen and oxygen atoms in total. The highest BCUT2D eigenvalue weighted by molar-refractivity contribution is 5.76. The van der Waals surface area contributed by atoms with Gasteiger partial charge in [0.05, 0.1) is 0 Å². The van der Waals surface area contributed by atoms with Crippen molar-refractivity contribution in [3.8, 4) is 0 Å². The number of aryl methyl sites for hydroxylation is 2. The number of aromatic nitrogens is 2. The van der Waals surface area contributed by atoms with E-state index < -0.39 is 11.2 Å². The van der Waals surface area contributed by atoms with Gasteiger partial charge in [-0.05, 0) is 44.2 Å². The van der Waals surface area contributed by atoms with Crippen molar-refractivity contribution < 1.29 is 4.79 Å². The standard InChI is InChI=1S/C19H23N3O3/c1-12-5-3-4-6-15(12)19(9-10-19)11-20-16(23)8-7-14-13(2)21-18(25)22-17(14)24/h3-6H,7-11H2,1-2H3,(H,20,23)(H2,21,22,24,25). The molecule has 2 aromatic rings. The van der Waals surface area contributed by atoms with Crippen LogP contribution >= 0.6 is 0 Å². The number of H-pyrrole nitrogens is 2. The van der Waals surface area contributed by atoms with E-state index in [0.717, 1.165) is 12.8 Å². The maximum Gasteiger partial charge on any atom is 0.325 e. The van der Waals surface area contributed by atoms with Crippen LogP contribution in [0, 0.1) is 13.8 Å². The molecule has 132 valence electrons. The normalized spacial score (nSPS) is 15.0. The van der Waals surface area contributed by atoms with Crippen LogP contribution in [0.25, 0.3) is 0 Å². The first-order valence-electron chi connectivity index (χ1n) is 8.56. The van der Waals surface area contributed by atoms with Crippen LogP contribution in [0.15, 0.2) is 33.9 Å². The van der Waals surface area contributed by atoms with E-state index in [1.54, 1.807) is 6.92 Å². The van der Waals surface area contributed by atoms with Crippen molar-refractivity contribution in [1.29, 1.82) is 0 Å². The lowest BCUT2D eigenvalue weighted by Crippen LogP contribution is -2.33. The molecule has 0 aliphatic heterocycles. The number of hydrogen-bond donors (Lipinski definition) is 3. The second-order valence-corrected chi connectivity index (χ2v) is 6.88. The van der Waals surface area contributed by atoms with Gasteiger partial charge in [-0.3, -0.25) is 14.6 Å². The number of benzene rings is 1. The third-order valence-corrected chi connectivity index (χ3v) is 5.05. The van der Waals surface area contributed by atoms with Crippen molar-refractivity contribution in [3.63, 3.8) is 0 Å². The number of nitrogens with one attached hydrogen (secondary N) is 3. The van der Waals surface area contributed by atoms with Crippen LogP contribution in [0.5, 0.6) is 0 Å². The van der Waals surface area contributed by atoms with Crippen molar-refractivity contribution in [2.24, 2.45) is 0 Å². The van der Waals surface area contributed by atoms with E-state index in [2.05, 4.69) is 34.3 Å². The molecule has 1 amide bonds. The highest BCUT2D eigenvalue weighted by Gasteiger charge is 2.44. The first-order valence-corrected chi connectivity index (χ1v) is 8.56. The Morgan fingerprint density at radius 1 is 1.16 bits per heavy atom. The molecule has 0 radical (unpaired) electrons. The summed E-state index contributed by atoms with van der Waals surface area (Å²) < 4.78 is 0. The Morgan fingerprint density at radius 3 is 2.52 bits per heavy atom. The number of carbonyl (C=O) groups is 1. The Labute approximate surface area is 145 Å². The van der Waals surface area contributed by atoms with E-state index in [1.165, 1.54) is 11.1 Å². The van der Waals surface area contributed by atoms with E-state index in [4.69, 9.17) is 0 Å². The molecule has 3 N–H and O–H groups in total. The van der Waals surface area contributed by atoms with E-state index in [9.17, 15) is 14.4 Å². The molecule has 0 unspecified atom stereocenters. The largest absolute Gasteiger partial charge is 0.355 e. The quantitative estimate of drug-likeness (QED) is 0.742. The topological polar surface area (TPSA) is 94.8 Å². The monoisotopic (exact) mass is 341 g/mol. The van der Waals surface area contributed by atoms with Gasteiger partial charge in [0.25, 0.3) is 5.56 Å². The number of aromatic amines is 2. The van der Waals surface area contributed by atoms with Gasteiger partial charge in [0.15, 0.2) is 0 Å². The second kappa shape index (κ2) is 6.70. The fraction of sp³-hybridized carbons (Fsp3) is 0.421. The zero-order valence-electron chi connectivity index (χ0n) is 14.6.